The normalized spacial score (nSPS) is 9.97. The van der Waals surface area contributed by atoms with Crippen molar-refractivity contribution < 1.29 is 9.59 Å². The van der Waals surface area contributed by atoms with Gasteiger partial charge in [0, 0.05) is 11.1 Å². The summed E-state index contributed by atoms with van der Waals surface area (Å²) in [5.41, 5.74) is 9.93. The molecule has 0 aromatic heterocycles. The van der Waals surface area contributed by atoms with Crippen molar-refractivity contribution in [3.63, 3.8) is 0 Å². The van der Waals surface area contributed by atoms with E-state index in [1.54, 1.807) is 42.8 Å². The summed E-state index contributed by atoms with van der Waals surface area (Å²) in [5, 5.41) is 7.96. The molecule has 0 spiro atoms. The van der Waals surface area contributed by atoms with Gasteiger partial charge in [0.15, 0.2) is 0 Å². The molecule has 6 heteroatoms. The van der Waals surface area contributed by atoms with Crippen LogP contribution in [0.25, 0.3) is 0 Å². The molecule has 2 N–H and O–H groups in total. The summed E-state index contributed by atoms with van der Waals surface area (Å²) < 4.78 is 0. The monoisotopic (exact) mass is 470 g/mol. The number of carbonyl (C=O) groups is 2. The molecule has 0 aliphatic rings. The Morgan fingerprint density at radius 1 is 0.657 bits per heavy atom. The van der Waals surface area contributed by atoms with E-state index in [2.05, 4.69) is 27.6 Å². The third-order valence-corrected chi connectivity index (χ3v) is 4.32. The average Bonchev–Trinajstić information content (AvgIpc) is 2.87. The van der Waals surface area contributed by atoms with Gasteiger partial charge in [0.05, 0.1) is 12.4 Å². The zero-order valence-corrected chi connectivity index (χ0v) is 21.1. The summed E-state index contributed by atoms with van der Waals surface area (Å²) in [5.74, 6) is -0.529. The number of amides is 2. The maximum atomic E-state index is 12.0. The van der Waals surface area contributed by atoms with Crippen molar-refractivity contribution in [3.05, 3.63) is 119 Å². The SMILES string of the molecule is C=CC.CC.Cc1ccc(C(=O)N/N=C/c2ccc(/C=N/NC(=O)c3ccc(C)cc3)cc2)cc1. The molecule has 0 unspecified atom stereocenters. The first-order valence-corrected chi connectivity index (χ1v) is 11.4. The lowest BCUT2D eigenvalue weighted by atomic mass is 10.1. The highest BCUT2D eigenvalue weighted by atomic mass is 16.2. The predicted molar refractivity (Wildman–Crippen MR) is 146 cm³/mol. The molecule has 182 valence electrons. The first kappa shape index (κ1) is 28.7. The summed E-state index contributed by atoms with van der Waals surface area (Å²) in [7, 11) is 0. The molecule has 2 amide bonds. The number of nitrogens with one attached hydrogen (secondary N) is 2. The lowest BCUT2D eigenvalue weighted by Crippen LogP contribution is -2.17. The van der Waals surface area contributed by atoms with Gasteiger partial charge in [-0.1, -0.05) is 79.6 Å². The number of carbonyl (C=O) groups excluding carboxylic acids is 2. The van der Waals surface area contributed by atoms with Crippen molar-refractivity contribution in [2.75, 3.05) is 0 Å². The minimum atomic E-state index is -0.265. The van der Waals surface area contributed by atoms with Gasteiger partial charge in [-0.05, 0) is 56.2 Å². The van der Waals surface area contributed by atoms with Crippen molar-refractivity contribution in [1.29, 1.82) is 0 Å². The summed E-state index contributed by atoms with van der Waals surface area (Å²) >= 11 is 0. The highest BCUT2D eigenvalue weighted by molar-refractivity contribution is 5.95. The second-order valence-electron chi connectivity index (χ2n) is 7.21. The quantitative estimate of drug-likeness (QED) is 0.261. The number of benzene rings is 3. The molecule has 3 rings (SSSR count). The Hall–Kier alpha value is -4.32. The van der Waals surface area contributed by atoms with Crippen LogP contribution in [-0.2, 0) is 0 Å². The van der Waals surface area contributed by atoms with Crippen molar-refractivity contribution >= 4 is 24.2 Å². The Morgan fingerprint density at radius 2 is 0.943 bits per heavy atom. The van der Waals surface area contributed by atoms with Crippen molar-refractivity contribution in [1.82, 2.24) is 10.9 Å². The van der Waals surface area contributed by atoms with Crippen molar-refractivity contribution in [2.24, 2.45) is 10.2 Å². The average molecular weight is 471 g/mol. The van der Waals surface area contributed by atoms with Crippen molar-refractivity contribution in [2.45, 2.75) is 34.6 Å². The number of allylic oxidation sites excluding steroid dienone is 1. The predicted octanol–water partition coefficient (Wildman–Crippen LogP) is 6.05. The number of hydrogen-bond donors (Lipinski definition) is 2. The van der Waals surface area contributed by atoms with Gasteiger partial charge in [-0.25, -0.2) is 10.9 Å². The van der Waals surface area contributed by atoms with E-state index in [-0.39, 0.29) is 11.8 Å². The third-order valence-electron chi connectivity index (χ3n) is 4.32. The zero-order chi connectivity index (χ0) is 26.1. The van der Waals surface area contributed by atoms with Gasteiger partial charge in [-0.2, -0.15) is 10.2 Å². The number of aryl methyl sites for hydroxylation is 2. The maximum absolute atomic E-state index is 12.0. The van der Waals surface area contributed by atoms with Gasteiger partial charge in [0.1, 0.15) is 0 Å². The summed E-state index contributed by atoms with van der Waals surface area (Å²) in [6.45, 7) is 13.2. The minimum absolute atomic E-state index is 0.265. The Balaban J connectivity index is 0.00000114. The number of hydrogen-bond acceptors (Lipinski definition) is 4. The van der Waals surface area contributed by atoms with Crippen LogP contribution in [0.4, 0.5) is 0 Å². The standard InChI is InChI=1S/C24H22N4O2.C3H6.C2H6/c1-17-3-11-21(12-4-17)23(29)27-25-15-19-7-9-20(10-8-19)16-26-28-24(30)22-13-5-18(2)6-14-22;1-3-2;1-2/h3-16H,1-2H3,(H,27,29)(H,28,30);3H,1H2,2H3;1-2H3/b25-15+,26-16+;;. The lowest BCUT2D eigenvalue weighted by Gasteiger charge is -2.01. The fraction of sp³-hybridized carbons (Fsp3) is 0.172. The van der Waals surface area contributed by atoms with Crippen LogP contribution in [-0.4, -0.2) is 24.2 Å². The van der Waals surface area contributed by atoms with E-state index in [9.17, 15) is 9.59 Å². The maximum Gasteiger partial charge on any atom is 0.271 e. The van der Waals surface area contributed by atoms with E-state index < -0.39 is 0 Å². The molecule has 0 atom stereocenters. The molecule has 0 saturated carbocycles. The van der Waals surface area contributed by atoms with Gasteiger partial charge in [0.2, 0.25) is 0 Å². The van der Waals surface area contributed by atoms with Crippen LogP contribution in [0.2, 0.25) is 0 Å². The zero-order valence-electron chi connectivity index (χ0n) is 21.1. The van der Waals surface area contributed by atoms with Crippen LogP contribution in [0, 0.1) is 13.8 Å². The first-order chi connectivity index (χ1) is 16.9. The molecule has 35 heavy (non-hydrogen) atoms. The van der Waals surface area contributed by atoms with E-state index in [1.807, 2.05) is 83.1 Å². The van der Waals surface area contributed by atoms with Crippen LogP contribution in [0.1, 0.15) is 63.7 Å². The molecule has 3 aromatic carbocycles. The second-order valence-corrected chi connectivity index (χ2v) is 7.21. The molecule has 0 radical (unpaired) electrons. The Bertz CT molecular complexity index is 1030. The Labute approximate surface area is 208 Å². The van der Waals surface area contributed by atoms with Gasteiger partial charge in [0.25, 0.3) is 11.8 Å². The Kier molecular flexibility index (Phi) is 13.4. The van der Waals surface area contributed by atoms with Gasteiger partial charge < -0.3 is 0 Å². The van der Waals surface area contributed by atoms with Gasteiger partial charge in [-0.15, -0.1) is 6.58 Å². The highest BCUT2D eigenvalue weighted by Gasteiger charge is 2.03. The fourth-order valence-electron chi connectivity index (χ4n) is 2.54. The summed E-state index contributed by atoms with van der Waals surface area (Å²) in [4.78, 5) is 24.0. The molecule has 3 aromatic rings. The van der Waals surface area contributed by atoms with Crippen LogP contribution < -0.4 is 10.9 Å². The molecule has 0 heterocycles. The molecular weight excluding hydrogens is 436 g/mol. The Morgan fingerprint density at radius 3 is 1.23 bits per heavy atom. The number of rotatable bonds is 6. The lowest BCUT2D eigenvalue weighted by molar-refractivity contribution is 0.0947. The summed E-state index contributed by atoms with van der Waals surface area (Å²) in [6.07, 6.45) is 4.87. The van der Waals surface area contributed by atoms with E-state index in [1.165, 1.54) is 0 Å². The van der Waals surface area contributed by atoms with Crippen molar-refractivity contribution in [3.8, 4) is 0 Å². The summed E-state index contributed by atoms with van der Waals surface area (Å²) in [6, 6.07) is 21.9. The second kappa shape index (κ2) is 16.3. The van der Waals surface area contributed by atoms with E-state index in [4.69, 9.17) is 0 Å². The molecule has 0 fully saturated rings. The van der Waals surface area contributed by atoms with Crippen LogP contribution in [0.3, 0.4) is 0 Å². The van der Waals surface area contributed by atoms with E-state index in [0.29, 0.717) is 11.1 Å². The van der Waals surface area contributed by atoms with Gasteiger partial charge >= 0.3 is 0 Å². The minimum Gasteiger partial charge on any atom is -0.267 e. The fourth-order valence-corrected chi connectivity index (χ4v) is 2.54. The highest BCUT2D eigenvalue weighted by Crippen LogP contribution is 2.04. The van der Waals surface area contributed by atoms with E-state index >= 15 is 0 Å². The molecule has 0 aliphatic carbocycles. The number of hydrazone groups is 2. The molecule has 6 nitrogen and oxygen atoms in total. The first-order valence-electron chi connectivity index (χ1n) is 11.4. The molecule has 0 bridgehead atoms. The third kappa shape index (κ3) is 10.9. The largest absolute Gasteiger partial charge is 0.271 e. The van der Waals surface area contributed by atoms with Gasteiger partial charge in [-0.3, -0.25) is 9.59 Å². The topological polar surface area (TPSA) is 82.9 Å². The molecule has 0 saturated heterocycles. The van der Waals surface area contributed by atoms with Crippen LogP contribution in [0.15, 0.2) is 95.7 Å². The molecular formula is C29H34N4O2. The number of nitrogens with zero attached hydrogens (tertiary/aromatic N) is 2. The van der Waals surface area contributed by atoms with E-state index in [0.717, 1.165) is 22.3 Å². The molecule has 0 aliphatic heterocycles. The smallest absolute Gasteiger partial charge is 0.267 e. The van der Waals surface area contributed by atoms with Crippen LogP contribution in [0.5, 0.6) is 0 Å². The van der Waals surface area contributed by atoms with Crippen LogP contribution >= 0.6 is 0 Å².